The van der Waals surface area contributed by atoms with Crippen LogP contribution in [0.15, 0.2) is 30.3 Å². The topological polar surface area (TPSA) is 53.1 Å². The average Bonchev–Trinajstić information content (AvgIpc) is 3.12. The second kappa shape index (κ2) is 8.14. The number of nitrogens with zero attached hydrogens (tertiary/aromatic N) is 3. The molecule has 2 fully saturated rings. The average molecular weight is 368 g/mol. The lowest BCUT2D eigenvalue weighted by atomic mass is 10.1. The van der Waals surface area contributed by atoms with Crippen LogP contribution in [0.4, 0.5) is 0 Å². The van der Waals surface area contributed by atoms with E-state index in [4.69, 9.17) is 4.74 Å². The molecule has 2 aliphatic rings. The van der Waals surface area contributed by atoms with Crippen molar-refractivity contribution in [2.24, 2.45) is 0 Å². The summed E-state index contributed by atoms with van der Waals surface area (Å²) in [4.78, 5) is 2.39. The maximum absolute atomic E-state index is 13.0. The largest absolute Gasteiger partial charge is 0.379 e. The fraction of sp³-hybridized carbons (Fsp3) is 0.667. The molecule has 1 aromatic rings. The van der Waals surface area contributed by atoms with Crippen molar-refractivity contribution in [3.05, 3.63) is 35.9 Å². The lowest BCUT2D eigenvalue weighted by Crippen LogP contribution is -2.52. The van der Waals surface area contributed by atoms with Crippen LogP contribution in [0.1, 0.15) is 31.9 Å². The van der Waals surface area contributed by atoms with E-state index in [0.717, 1.165) is 19.5 Å². The lowest BCUT2D eigenvalue weighted by Gasteiger charge is -2.35. The van der Waals surface area contributed by atoms with Gasteiger partial charge in [-0.25, -0.2) is 0 Å². The Balaban J connectivity index is 1.68. The fourth-order valence-electron chi connectivity index (χ4n) is 3.83. The van der Waals surface area contributed by atoms with Crippen LogP contribution in [0.25, 0.3) is 0 Å². The normalized spacial score (nSPS) is 24.7. The van der Waals surface area contributed by atoms with Crippen molar-refractivity contribution in [3.8, 4) is 0 Å². The summed E-state index contributed by atoms with van der Waals surface area (Å²) in [5.41, 5.74) is 1.28. The minimum absolute atomic E-state index is 0.0454. The third-order valence-electron chi connectivity index (χ3n) is 5.34. The van der Waals surface area contributed by atoms with E-state index in [2.05, 4.69) is 36.1 Å². The van der Waals surface area contributed by atoms with Crippen LogP contribution in [0.2, 0.25) is 0 Å². The van der Waals surface area contributed by atoms with Crippen LogP contribution >= 0.6 is 0 Å². The second-order valence-corrected chi connectivity index (χ2v) is 8.63. The van der Waals surface area contributed by atoms with Crippen molar-refractivity contribution in [1.82, 2.24) is 13.5 Å². The maximum atomic E-state index is 13.0. The van der Waals surface area contributed by atoms with Crippen molar-refractivity contribution in [2.75, 3.05) is 45.9 Å². The molecule has 2 heterocycles. The molecule has 0 N–H and O–H groups in total. The van der Waals surface area contributed by atoms with Crippen molar-refractivity contribution < 1.29 is 13.2 Å². The van der Waals surface area contributed by atoms with Gasteiger partial charge in [0.05, 0.1) is 13.2 Å². The number of ether oxygens (including phenoxy) is 1. The van der Waals surface area contributed by atoms with Crippen molar-refractivity contribution in [1.29, 1.82) is 0 Å². The summed E-state index contributed by atoms with van der Waals surface area (Å²) in [6, 6.07) is 10.8. The molecule has 0 aromatic heterocycles. The van der Waals surface area contributed by atoms with Gasteiger partial charge in [0.2, 0.25) is 0 Å². The molecular formula is C18H29N3O3S. The van der Waals surface area contributed by atoms with Gasteiger partial charge in [-0.15, -0.1) is 0 Å². The lowest BCUT2D eigenvalue weighted by molar-refractivity contribution is 0.0693. The first-order chi connectivity index (χ1) is 12.0. The molecule has 0 aliphatic carbocycles. The standard InChI is InChI=1S/C18H29N3O3S/c1-3-21(25(22,23)20-11-13-24-14-12-20)18-9-10-19(15-18)16(2)17-7-5-4-6-8-17/h4-8,16,18H,3,9-15H2,1-2H3. The summed E-state index contributed by atoms with van der Waals surface area (Å²) < 4.78 is 34.6. The van der Waals surface area contributed by atoms with Gasteiger partial charge in [-0.1, -0.05) is 37.3 Å². The van der Waals surface area contributed by atoms with Gasteiger partial charge in [-0.05, 0) is 18.9 Å². The van der Waals surface area contributed by atoms with Gasteiger partial charge in [0.25, 0.3) is 10.2 Å². The van der Waals surface area contributed by atoms with Crippen molar-refractivity contribution in [3.63, 3.8) is 0 Å². The highest BCUT2D eigenvalue weighted by Gasteiger charge is 2.38. The molecule has 6 nitrogen and oxygen atoms in total. The molecule has 140 valence electrons. The first-order valence-electron chi connectivity index (χ1n) is 9.17. The molecule has 0 bridgehead atoms. The van der Waals surface area contributed by atoms with Gasteiger partial charge in [-0.2, -0.15) is 17.0 Å². The molecule has 2 saturated heterocycles. The summed E-state index contributed by atoms with van der Waals surface area (Å²) in [6.45, 7) is 8.23. The van der Waals surface area contributed by atoms with Crippen LogP contribution in [0.3, 0.4) is 0 Å². The number of rotatable bonds is 6. The van der Waals surface area contributed by atoms with Gasteiger partial charge in [0.15, 0.2) is 0 Å². The van der Waals surface area contributed by atoms with E-state index in [1.807, 2.05) is 13.0 Å². The van der Waals surface area contributed by atoms with E-state index in [1.54, 1.807) is 8.61 Å². The number of hydrogen-bond donors (Lipinski definition) is 0. The summed E-state index contributed by atoms with van der Waals surface area (Å²) >= 11 is 0. The Bertz CT molecular complexity index is 647. The molecule has 0 radical (unpaired) electrons. The predicted octanol–water partition coefficient (Wildman–Crippen LogP) is 1.72. The molecule has 2 aliphatic heterocycles. The Labute approximate surface area is 151 Å². The van der Waals surface area contributed by atoms with Crippen LogP contribution in [-0.2, 0) is 14.9 Å². The van der Waals surface area contributed by atoms with Crippen LogP contribution in [0.5, 0.6) is 0 Å². The zero-order chi connectivity index (χ0) is 17.9. The second-order valence-electron chi connectivity index (χ2n) is 6.75. The van der Waals surface area contributed by atoms with Crippen molar-refractivity contribution in [2.45, 2.75) is 32.4 Å². The van der Waals surface area contributed by atoms with Gasteiger partial charge in [-0.3, -0.25) is 4.90 Å². The highest BCUT2D eigenvalue weighted by atomic mass is 32.2. The van der Waals surface area contributed by atoms with E-state index in [-0.39, 0.29) is 6.04 Å². The molecule has 0 amide bonds. The highest BCUT2D eigenvalue weighted by Crippen LogP contribution is 2.28. The van der Waals surface area contributed by atoms with Gasteiger partial charge in [0, 0.05) is 44.8 Å². The Morgan fingerprint density at radius 3 is 2.52 bits per heavy atom. The Hall–Kier alpha value is -0.990. The smallest absolute Gasteiger partial charge is 0.282 e. The maximum Gasteiger partial charge on any atom is 0.282 e. The van der Waals surface area contributed by atoms with Crippen LogP contribution < -0.4 is 0 Å². The zero-order valence-corrected chi connectivity index (χ0v) is 16.0. The SMILES string of the molecule is CCN(C1CCN(C(C)c2ccccc2)C1)S(=O)(=O)N1CCOCC1. The Morgan fingerprint density at radius 1 is 1.20 bits per heavy atom. The molecule has 25 heavy (non-hydrogen) atoms. The number of likely N-dealkylation sites (tertiary alicyclic amines) is 1. The first-order valence-corrected chi connectivity index (χ1v) is 10.6. The number of benzene rings is 1. The highest BCUT2D eigenvalue weighted by molar-refractivity contribution is 7.86. The molecule has 2 atom stereocenters. The monoisotopic (exact) mass is 367 g/mol. The molecule has 3 rings (SSSR count). The van der Waals surface area contributed by atoms with Gasteiger partial charge < -0.3 is 4.74 Å². The molecule has 0 saturated carbocycles. The first kappa shape index (κ1) is 18.8. The molecule has 7 heteroatoms. The fourth-order valence-corrected chi connectivity index (χ4v) is 5.61. The molecular weight excluding hydrogens is 338 g/mol. The summed E-state index contributed by atoms with van der Waals surface area (Å²) in [5.74, 6) is 0. The molecule has 0 spiro atoms. The zero-order valence-electron chi connectivity index (χ0n) is 15.2. The number of morpholine rings is 1. The van der Waals surface area contributed by atoms with Crippen LogP contribution in [-0.4, -0.2) is 73.9 Å². The minimum atomic E-state index is -3.41. The molecule has 2 unspecified atom stereocenters. The van der Waals surface area contributed by atoms with E-state index in [0.29, 0.717) is 38.9 Å². The minimum Gasteiger partial charge on any atom is -0.379 e. The number of hydrogen-bond acceptors (Lipinski definition) is 4. The quantitative estimate of drug-likeness (QED) is 0.768. The van der Waals surface area contributed by atoms with E-state index >= 15 is 0 Å². The summed E-state index contributed by atoms with van der Waals surface area (Å²) in [5, 5.41) is 0. The number of likely N-dealkylation sites (N-methyl/N-ethyl adjacent to an activating group) is 1. The van der Waals surface area contributed by atoms with E-state index < -0.39 is 10.2 Å². The predicted molar refractivity (Wildman–Crippen MR) is 98.5 cm³/mol. The van der Waals surface area contributed by atoms with E-state index in [9.17, 15) is 8.42 Å². The third kappa shape index (κ3) is 4.06. The van der Waals surface area contributed by atoms with Crippen molar-refractivity contribution >= 4 is 10.2 Å². The Morgan fingerprint density at radius 2 is 1.88 bits per heavy atom. The summed E-state index contributed by atoms with van der Waals surface area (Å²) in [6.07, 6.45) is 0.884. The van der Waals surface area contributed by atoms with Gasteiger partial charge in [0.1, 0.15) is 0 Å². The summed E-state index contributed by atoms with van der Waals surface area (Å²) in [7, 11) is -3.41. The van der Waals surface area contributed by atoms with Crippen LogP contribution in [0, 0.1) is 0 Å². The third-order valence-corrected chi connectivity index (χ3v) is 7.50. The Kier molecular flexibility index (Phi) is 6.12. The van der Waals surface area contributed by atoms with Gasteiger partial charge >= 0.3 is 0 Å². The van der Waals surface area contributed by atoms with E-state index in [1.165, 1.54) is 5.56 Å². The molecule has 1 aromatic carbocycles.